The Balaban J connectivity index is 0.000000211. The second kappa shape index (κ2) is 8.11. The Labute approximate surface area is 84.1 Å². The van der Waals surface area contributed by atoms with Crippen LogP contribution >= 0.6 is 23.2 Å². The average Bonchev–Trinajstić information content (AvgIpc) is 2.88. The fourth-order valence-corrected chi connectivity index (χ4v) is 0.753. The van der Waals surface area contributed by atoms with E-state index in [0.29, 0.717) is 23.8 Å². The first-order valence-corrected chi connectivity index (χ1v) is 5.04. The molecule has 74 valence electrons. The van der Waals surface area contributed by atoms with Gasteiger partial charge in [-0.05, 0) is 5.92 Å². The van der Waals surface area contributed by atoms with Crippen molar-refractivity contribution in [3.63, 3.8) is 0 Å². The molecule has 0 aromatic rings. The van der Waals surface area contributed by atoms with Crippen LogP contribution in [0.2, 0.25) is 0 Å². The molecule has 0 saturated carbocycles. The number of epoxide rings is 1. The van der Waals surface area contributed by atoms with E-state index in [0.717, 1.165) is 13.2 Å². The highest BCUT2D eigenvalue weighted by molar-refractivity contribution is 6.18. The van der Waals surface area contributed by atoms with Gasteiger partial charge in [0.25, 0.3) is 0 Å². The zero-order chi connectivity index (χ0) is 9.40. The van der Waals surface area contributed by atoms with E-state index in [1.165, 1.54) is 0 Å². The third-order valence-electron chi connectivity index (χ3n) is 1.29. The minimum atomic E-state index is 0.400. The van der Waals surface area contributed by atoms with Crippen molar-refractivity contribution in [2.75, 3.05) is 32.1 Å². The van der Waals surface area contributed by atoms with Crippen LogP contribution in [0.1, 0.15) is 6.92 Å². The van der Waals surface area contributed by atoms with Crippen LogP contribution in [0.15, 0.2) is 0 Å². The van der Waals surface area contributed by atoms with E-state index >= 15 is 0 Å². The standard InChI is InChI=1S/C5H11ClO.C3H5ClO/c1-5(3-6)4-7-2;4-1-3-2-5-3/h5H,3-4H2,1-2H3;3H,1-2H2. The molecule has 0 aliphatic carbocycles. The number of ether oxygens (including phenoxy) is 2. The maximum absolute atomic E-state index is 5.45. The highest BCUT2D eigenvalue weighted by atomic mass is 35.5. The van der Waals surface area contributed by atoms with Gasteiger partial charge in [-0.25, -0.2) is 0 Å². The number of rotatable bonds is 4. The lowest BCUT2D eigenvalue weighted by molar-refractivity contribution is 0.168. The van der Waals surface area contributed by atoms with Crippen molar-refractivity contribution >= 4 is 23.2 Å². The van der Waals surface area contributed by atoms with Gasteiger partial charge in [0, 0.05) is 19.6 Å². The second-order valence-electron chi connectivity index (χ2n) is 2.82. The molecule has 0 radical (unpaired) electrons. The maximum Gasteiger partial charge on any atom is 0.0944 e. The van der Waals surface area contributed by atoms with Crippen LogP contribution < -0.4 is 0 Å². The van der Waals surface area contributed by atoms with Crippen molar-refractivity contribution in [3.05, 3.63) is 0 Å². The first-order chi connectivity index (χ1) is 5.74. The zero-order valence-corrected chi connectivity index (χ0v) is 9.07. The Hall–Kier alpha value is 0.500. The van der Waals surface area contributed by atoms with E-state index in [-0.39, 0.29) is 0 Å². The molecule has 2 unspecified atom stereocenters. The Morgan fingerprint density at radius 2 is 2.17 bits per heavy atom. The van der Waals surface area contributed by atoms with E-state index in [2.05, 4.69) is 6.92 Å². The summed E-state index contributed by atoms with van der Waals surface area (Å²) in [4.78, 5) is 0. The molecule has 0 amide bonds. The average molecular weight is 215 g/mol. The molecule has 1 aliphatic rings. The third-order valence-corrected chi connectivity index (χ3v) is 2.16. The van der Waals surface area contributed by atoms with E-state index in [1.54, 1.807) is 7.11 Å². The van der Waals surface area contributed by atoms with Crippen LogP contribution in [0.5, 0.6) is 0 Å². The SMILES string of the molecule is COCC(C)CCl.ClCC1CO1. The summed E-state index contributed by atoms with van der Waals surface area (Å²) in [5.41, 5.74) is 0. The van der Waals surface area contributed by atoms with Gasteiger partial charge < -0.3 is 9.47 Å². The van der Waals surface area contributed by atoms with Gasteiger partial charge in [-0.2, -0.15) is 0 Å². The van der Waals surface area contributed by atoms with Crippen molar-refractivity contribution in [1.29, 1.82) is 0 Å². The maximum atomic E-state index is 5.45. The Morgan fingerprint density at radius 1 is 1.58 bits per heavy atom. The monoisotopic (exact) mass is 214 g/mol. The van der Waals surface area contributed by atoms with Gasteiger partial charge in [0.2, 0.25) is 0 Å². The predicted octanol–water partition coefficient (Wildman–Crippen LogP) is 2.13. The van der Waals surface area contributed by atoms with Gasteiger partial charge in [0.1, 0.15) is 0 Å². The number of hydrogen-bond acceptors (Lipinski definition) is 2. The first kappa shape index (κ1) is 12.5. The summed E-state index contributed by atoms with van der Waals surface area (Å²) in [6.07, 6.45) is 0.400. The minimum Gasteiger partial charge on any atom is -0.384 e. The number of alkyl halides is 2. The molecule has 0 bridgehead atoms. The van der Waals surface area contributed by atoms with Gasteiger partial charge in [-0.3, -0.25) is 0 Å². The highest BCUT2D eigenvalue weighted by Gasteiger charge is 2.19. The largest absolute Gasteiger partial charge is 0.384 e. The Morgan fingerprint density at radius 3 is 2.25 bits per heavy atom. The summed E-state index contributed by atoms with van der Waals surface area (Å²) in [6.45, 7) is 3.70. The van der Waals surface area contributed by atoms with Crippen molar-refractivity contribution in [1.82, 2.24) is 0 Å². The van der Waals surface area contributed by atoms with Gasteiger partial charge in [0.05, 0.1) is 18.6 Å². The van der Waals surface area contributed by atoms with E-state index in [1.807, 2.05) is 0 Å². The molecular weight excluding hydrogens is 199 g/mol. The Bertz CT molecular complexity index is 97.1. The van der Waals surface area contributed by atoms with Gasteiger partial charge in [-0.1, -0.05) is 6.92 Å². The molecule has 12 heavy (non-hydrogen) atoms. The summed E-state index contributed by atoms with van der Waals surface area (Å²) in [7, 11) is 1.68. The fourth-order valence-electron chi connectivity index (χ4n) is 0.486. The lowest BCUT2D eigenvalue weighted by atomic mass is 10.2. The summed E-state index contributed by atoms with van der Waals surface area (Å²) >= 11 is 10.7. The third kappa shape index (κ3) is 8.60. The van der Waals surface area contributed by atoms with E-state index in [4.69, 9.17) is 32.7 Å². The van der Waals surface area contributed by atoms with Gasteiger partial charge >= 0.3 is 0 Å². The zero-order valence-electron chi connectivity index (χ0n) is 7.56. The molecule has 0 aromatic heterocycles. The smallest absolute Gasteiger partial charge is 0.0944 e. The van der Waals surface area contributed by atoms with Crippen molar-refractivity contribution in [2.45, 2.75) is 13.0 Å². The molecule has 1 aliphatic heterocycles. The topological polar surface area (TPSA) is 21.8 Å². The van der Waals surface area contributed by atoms with Crippen LogP contribution in [0, 0.1) is 5.92 Å². The van der Waals surface area contributed by atoms with Crippen molar-refractivity contribution in [3.8, 4) is 0 Å². The molecule has 1 fully saturated rings. The van der Waals surface area contributed by atoms with Crippen LogP contribution in [-0.2, 0) is 9.47 Å². The quantitative estimate of drug-likeness (QED) is 0.529. The molecule has 1 heterocycles. The molecule has 2 nitrogen and oxygen atoms in total. The molecular formula is C8H16Cl2O2. The lowest BCUT2D eigenvalue weighted by Crippen LogP contribution is -2.03. The first-order valence-electron chi connectivity index (χ1n) is 3.97. The summed E-state index contributed by atoms with van der Waals surface area (Å²) in [5.74, 6) is 1.85. The lowest BCUT2D eigenvalue weighted by Gasteiger charge is -2.02. The Kier molecular flexibility index (Phi) is 8.45. The van der Waals surface area contributed by atoms with Crippen molar-refractivity contribution in [2.24, 2.45) is 5.92 Å². The molecule has 1 rings (SSSR count). The van der Waals surface area contributed by atoms with Gasteiger partial charge in [0.15, 0.2) is 0 Å². The summed E-state index contributed by atoms with van der Waals surface area (Å²) < 4.78 is 9.54. The molecule has 4 heteroatoms. The molecule has 0 aromatic carbocycles. The molecule has 2 atom stereocenters. The normalized spacial score (nSPS) is 22.5. The summed E-state index contributed by atoms with van der Waals surface area (Å²) in [5, 5.41) is 0. The van der Waals surface area contributed by atoms with Crippen LogP contribution in [-0.4, -0.2) is 38.2 Å². The number of hydrogen-bond donors (Lipinski definition) is 0. The minimum absolute atomic E-state index is 0.400. The number of halogens is 2. The van der Waals surface area contributed by atoms with E-state index in [9.17, 15) is 0 Å². The fraction of sp³-hybridized carbons (Fsp3) is 1.00. The summed E-state index contributed by atoms with van der Waals surface area (Å²) in [6, 6.07) is 0. The van der Waals surface area contributed by atoms with Crippen LogP contribution in [0.3, 0.4) is 0 Å². The highest BCUT2D eigenvalue weighted by Crippen LogP contribution is 2.08. The van der Waals surface area contributed by atoms with Crippen molar-refractivity contribution < 1.29 is 9.47 Å². The predicted molar refractivity (Wildman–Crippen MR) is 52.2 cm³/mol. The van der Waals surface area contributed by atoms with Crippen LogP contribution in [0.4, 0.5) is 0 Å². The molecule has 0 N–H and O–H groups in total. The van der Waals surface area contributed by atoms with E-state index < -0.39 is 0 Å². The number of methoxy groups -OCH3 is 1. The van der Waals surface area contributed by atoms with Crippen LogP contribution in [0.25, 0.3) is 0 Å². The van der Waals surface area contributed by atoms with Gasteiger partial charge in [-0.15, -0.1) is 23.2 Å². The second-order valence-corrected chi connectivity index (χ2v) is 3.44. The molecule has 0 spiro atoms. The molecule has 1 saturated heterocycles.